The molecule has 3 aromatic heterocycles. The molecule has 0 spiro atoms. The predicted octanol–water partition coefficient (Wildman–Crippen LogP) is 3.06. The first kappa shape index (κ1) is 17.5. The Hall–Kier alpha value is -3.59. The fraction of sp³-hybridized carbons (Fsp3) is 0.250. The van der Waals surface area contributed by atoms with Crippen molar-refractivity contribution in [3.05, 3.63) is 60.0 Å². The van der Waals surface area contributed by atoms with Gasteiger partial charge in [-0.15, -0.1) is 5.10 Å². The fourth-order valence-corrected chi connectivity index (χ4v) is 3.26. The predicted molar refractivity (Wildman–Crippen MR) is 102 cm³/mol. The van der Waals surface area contributed by atoms with E-state index >= 15 is 0 Å². The van der Waals surface area contributed by atoms with Crippen LogP contribution in [0, 0.1) is 0 Å². The third-order valence-corrected chi connectivity index (χ3v) is 4.71. The van der Waals surface area contributed by atoms with E-state index < -0.39 is 0 Å². The summed E-state index contributed by atoms with van der Waals surface area (Å²) in [7, 11) is 0. The van der Waals surface area contributed by atoms with Gasteiger partial charge in [0.1, 0.15) is 11.9 Å². The Labute approximate surface area is 166 Å². The van der Waals surface area contributed by atoms with E-state index in [1.54, 1.807) is 12.4 Å². The van der Waals surface area contributed by atoms with Crippen LogP contribution in [-0.4, -0.2) is 36.7 Å². The van der Waals surface area contributed by atoms with E-state index in [1.807, 2.05) is 48.0 Å². The molecule has 1 aromatic carbocycles. The molecule has 4 heterocycles. The fourth-order valence-electron chi connectivity index (χ4n) is 3.26. The smallest absolute Gasteiger partial charge is 0.280 e. The van der Waals surface area contributed by atoms with Crippen molar-refractivity contribution in [1.82, 2.24) is 30.1 Å². The standard InChI is InChI=1S/C20H18N6O3/c1-2-27-15-7-5-13(6-8-15)17-11-26-16(12-28-17)18(23-25-26)20-22-19(24-29-20)14-4-3-9-21-10-14/h3-10,17H,2,11-12H2,1H3/t17-/m0/s1. The van der Waals surface area contributed by atoms with E-state index in [0.717, 1.165) is 22.6 Å². The SMILES string of the molecule is CCOc1ccc([C@@H]2Cn3nnc(-c4nc(-c5cccnc5)no4)c3CO2)cc1. The third kappa shape index (κ3) is 3.36. The lowest BCUT2D eigenvalue weighted by molar-refractivity contribution is -0.00119. The Balaban J connectivity index is 1.36. The Kier molecular flexibility index (Phi) is 4.49. The number of nitrogens with zero attached hydrogens (tertiary/aromatic N) is 6. The summed E-state index contributed by atoms with van der Waals surface area (Å²) in [6.45, 7) is 3.51. The first-order valence-electron chi connectivity index (χ1n) is 9.33. The second-order valence-electron chi connectivity index (χ2n) is 6.53. The minimum absolute atomic E-state index is 0.110. The van der Waals surface area contributed by atoms with E-state index in [9.17, 15) is 0 Å². The largest absolute Gasteiger partial charge is 0.494 e. The van der Waals surface area contributed by atoms with E-state index in [2.05, 4.69) is 25.4 Å². The van der Waals surface area contributed by atoms with Gasteiger partial charge in [-0.1, -0.05) is 22.5 Å². The molecule has 9 heteroatoms. The normalized spacial score (nSPS) is 15.8. The van der Waals surface area contributed by atoms with E-state index in [1.165, 1.54) is 0 Å². The van der Waals surface area contributed by atoms with Crippen LogP contribution in [0.15, 0.2) is 53.3 Å². The average Bonchev–Trinajstić information content (AvgIpc) is 3.42. The first-order valence-corrected chi connectivity index (χ1v) is 9.33. The van der Waals surface area contributed by atoms with Crippen LogP contribution in [0.1, 0.15) is 24.3 Å². The molecule has 0 fully saturated rings. The van der Waals surface area contributed by atoms with Crippen LogP contribution in [-0.2, 0) is 17.9 Å². The summed E-state index contributed by atoms with van der Waals surface area (Å²) < 4.78 is 18.8. The molecule has 0 saturated heterocycles. The lowest BCUT2D eigenvalue weighted by Crippen LogP contribution is -2.22. The number of benzene rings is 1. The number of aromatic nitrogens is 6. The van der Waals surface area contributed by atoms with Crippen LogP contribution < -0.4 is 4.74 Å². The lowest BCUT2D eigenvalue weighted by atomic mass is 10.1. The second-order valence-corrected chi connectivity index (χ2v) is 6.53. The van der Waals surface area contributed by atoms with Crippen LogP contribution in [0.5, 0.6) is 5.75 Å². The van der Waals surface area contributed by atoms with Crippen molar-refractivity contribution in [3.8, 4) is 28.7 Å². The van der Waals surface area contributed by atoms with Crippen LogP contribution >= 0.6 is 0 Å². The second kappa shape index (κ2) is 7.44. The molecule has 0 radical (unpaired) electrons. The molecule has 4 aromatic rings. The Morgan fingerprint density at radius 2 is 2.10 bits per heavy atom. The Bertz CT molecular complexity index is 1110. The highest BCUT2D eigenvalue weighted by molar-refractivity contribution is 5.57. The van der Waals surface area contributed by atoms with Gasteiger partial charge in [-0.3, -0.25) is 4.98 Å². The summed E-state index contributed by atoms with van der Waals surface area (Å²) in [5, 5.41) is 12.5. The van der Waals surface area contributed by atoms with Gasteiger partial charge < -0.3 is 14.0 Å². The van der Waals surface area contributed by atoms with Gasteiger partial charge in [-0.2, -0.15) is 4.98 Å². The maximum atomic E-state index is 6.06. The molecular weight excluding hydrogens is 372 g/mol. The first-order chi connectivity index (χ1) is 14.3. The zero-order chi connectivity index (χ0) is 19.6. The number of hydrogen-bond acceptors (Lipinski definition) is 8. The van der Waals surface area contributed by atoms with Crippen LogP contribution in [0.25, 0.3) is 23.0 Å². The molecule has 1 atom stereocenters. The quantitative estimate of drug-likeness (QED) is 0.512. The highest BCUT2D eigenvalue weighted by Gasteiger charge is 2.28. The summed E-state index contributed by atoms with van der Waals surface area (Å²) in [4.78, 5) is 8.51. The van der Waals surface area contributed by atoms with Crippen molar-refractivity contribution in [2.45, 2.75) is 26.2 Å². The summed E-state index contributed by atoms with van der Waals surface area (Å²) >= 11 is 0. The summed E-state index contributed by atoms with van der Waals surface area (Å²) in [5.41, 5.74) is 3.19. The van der Waals surface area contributed by atoms with Gasteiger partial charge in [0.15, 0.2) is 5.69 Å². The maximum absolute atomic E-state index is 6.06. The molecule has 0 bridgehead atoms. The average molecular weight is 390 g/mol. The van der Waals surface area contributed by atoms with Crippen molar-refractivity contribution in [2.75, 3.05) is 6.61 Å². The summed E-state index contributed by atoms with van der Waals surface area (Å²) in [5.74, 6) is 1.61. The van der Waals surface area contributed by atoms with Gasteiger partial charge in [0.25, 0.3) is 5.89 Å². The van der Waals surface area contributed by atoms with Gasteiger partial charge >= 0.3 is 0 Å². The van der Waals surface area contributed by atoms with Gasteiger partial charge in [-0.25, -0.2) is 4.68 Å². The van der Waals surface area contributed by atoms with Crippen molar-refractivity contribution in [2.24, 2.45) is 0 Å². The molecule has 0 saturated carbocycles. The lowest BCUT2D eigenvalue weighted by Gasteiger charge is -2.24. The molecule has 1 aliphatic heterocycles. The van der Waals surface area contributed by atoms with E-state index in [-0.39, 0.29) is 6.10 Å². The van der Waals surface area contributed by atoms with Crippen LogP contribution in [0.4, 0.5) is 0 Å². The number of pyridine rings is 1. The highest BCUT2D eigenvalue weighted by atomic mass is 16.5. The molecule has 5 rings (SSSR count). The van der Waals surface area contributed by atoms with E-state index in [0.29, 0.717) is 37.2 Å². The third-order valence-electron chi connectivity index (χ3n) is 4.71. The van der Waals surface area contributed by atoms with Gasteiger partial charge in [0.2, 0.25) is 5.82 Å². The summed E-state index contributed by atoms with van der Waals surface area (Å²) in [6.07, 6.45) is 3.26. The molecule has 9 nitrogen and oxygen atoms in total. The molecule has 146 valence electrons. The van der Waals surface area contributed by atoms with Gasteiger partial charge in [-0.05, 0) is 36.8 Å². The zero-order valence-corrected chi connectivity index (χ0v) is 15.7. The van der Waals surface area contributed by atoms with Crippen LogP contribution in [0.3, 0.4) is 0 Å². The van der Waals surface area contributed by atoms with Gasteiger partial charge in [0, 0.05) is 18.0 Å². The molecule has 0 unspecified atom stereocenters. The molecular formula is C20H18N6O3. The monoisotopic (exact) mass is 390 g/mol. The Morgan fingerprint density at radius 1 is 1.21 bits per heavy atom. The van der Waals surface area contributed by atoms with Crippen LogP contribution in [0.2, 0.25) is 0 Å². The maximum Gasteiger partial charge on any atom is 0.280 e. The minimum atomic E-state index is -0.110. The Morgan fingerprint density at radius 3 is 2.90 bits per heavy atom. The number of ether oxygens (including phenoxy) is 2. The molecule has 29 heavy (non-hydrogen) atoms. The van der Waals surface area contributed by atoms with Gasteiger partial charge in [0.05, 0.1) is 25.5 Å². The topological polar surface area (TPSA) is 101 Å². The summed E-state index contributed by atoms with van der Waals surface area (Å²) in [6, 6.07) is 11.6. The van der Waals surface area contributed by atoms with Crippen molar-refractivity contribution < 1.29 is 14.0 Å². The number of hydrogen-bond donors (Lipinski definition) is 0. The van der Waals surface area contributed by atoms with Crippen molar-refractivity contribution in [1.29, 1.82) is 0 Å². The van der Waals surface area contributed by atoms with Crippen molar-refractivity contribution in [3.63, 3.8) is 0 Å². The number of fused-ring (bicyclic) bond motifs is 1. The molecule has 0 N–H and O–H groups in total. The number of rotatable bonds is 5. The molecule has 0 amide bonds. The van der Waals surface area contributed by atoms with Crippen molar-refractivity contribution >= 4 is 0 Å². The molecule has 0 aliphatic carbocycles. The van der Waals surface area contributed by atoms with E-state index in [4.69, 9.17) is 14.0 Å². The molecule has 1 aliphatic rings. The highest BCUT2D eigenvalue weighted by Crippen LogP contribution is 2.31. The zero-order valence-electron chi connectivity index (χ0n) is 15.7. The minimum Gasteiger partial charge on any atom is -0.494 e.